The number of rotatable bonds is 4. The molecular weight excluding hydrogens is 390 g/mol. The first kappa shape index (κ1) is 19.1. The second-order valence-corrected chi connectivity index (χ2v) is 6.31. The molecule has 2 aromatic heterocycles. The third-order valence-electron chi connectivity index (χ3n) is 4.49. The largest absolute Gasteiger partial charge is 0.504 e. The molecule has 4 rings (SSSR count). The number of halogens is 2. The summed E-state index contributed by atoms with van der Waals surface area (Å²) >= 11 is 0. The van der Waals surface area contributed by atoms with Crippen molar-refractivity contribution in [2.75, 3.05) is 7.11 Å². The number of pyridine rings is 1. The summed E-state index contributed by atoms with van der Waals surface area (Å²) in [5.74, 6) is -1.07. The minimum atomic E-state index is -1.02. The van der Waals surface area contributed by atoms with E-state index in [9.17, 15) is 13.9 Å². The summed E-state index contributed by atoms with van der Waals surface area (Å²) in [5, 5.41) is 19.3. The maximum absolute atomic E-state index is 13.9. The van der Waals surface area contributed by atoms with Gasteiger partial charge in [0.25, 0.3) is 0 Å². The van der Waals surface area contributed by atoms with Crippen LogP contribution in [0.1, 0.15) is 17.0 Å². The van der Waals surface area contributed by atoms with Gasteiger partial charge in [0.1, 0.15) is 17.7 Å². The topological polar surface area (TPSA) is 84.0 Å². The molecule has 0 fully saturated rings. The average molecular weight is 404 g/mol. The Kier molecular flexibility index (Phi) is 4.86. The van der Waals surface area contributed by atoms with Crippen molar-refractivity contribution in [2.45, 2.75) is 0 Å². The number of aromatic hydroxyl groups is 1. The van der Waals surface area contributed by atoms with Crippen molar-refractivity contribution in [2.24, 2.45) is 0 Å². The number of fused-ring (bicyclic) bond motifs is 1. The lowest BCUT2D eigenvalue weighted by atomic mass is 10.1. The van der Waals surface area contributed by atoms with Crippen LogP contribution in [-0.4, -0.2) is 26.8 Å². The number of ether oxygens (including phenoxy) is 1. The normalized spacial score (nSPS) is 11.1. The minimum Gasteiger partial charge on any atom is -0.504 e. The lowest BCUT2D eigenvalue weighted by molar-refractivity contribution is 0.373. The van der Waals surface area contributed by atoms with E-state index < -0.39 is 11.6 Å². The van der Waals surface area contributed by atoms with Crippen molar-refractivity contribution in [1.82, 2.24) is 14.5 Å². The van der Waals surface area contributed by atoms with Crippen molar-refractivity contribution >= 4 is 23.2 Å². The molecule has 0 spiro atoms. The van der Waals surface area contributed by atoms with Gasteiger partial charge in [-0.2, -0.15) is 5.26 Å². The van der Waals surface area contributed by atoms with Crippen molar-refractivity contribution < 1.29 is 18.6 Å². The number of hydrogen-bond acceptors (Lipinski definition) is 5. The van der Waals surface area contributed by atoms with Gasteiger partial charge < -0.3 is 9.84 Å². The number of phenols is 1. The third kappa shape index (κ3) is 3.33. The molecule has 0 radical (unpaired) electrons. The second-order valence-electron chi connectivity index (χ2n) is 6.31. The minimum absolute atomic E-state index is 0.0486. The predicted molar refractivity (Wildman–Crippen MR) is 107 cm³/mol. The Hall–Kier alpha value is -4.25. The van der Waals surface area contributed by atoms with Crippen LogP contribution in [0.25, 0.3) is 29.0 Å². The fourth-order valence-electron chi connectivity index (χ4n) is 3.03. The zero-order valence-corrected chi connectivity index (χ0v) is 15.7. The van der Waals surface area contributed by atoms with Gasteiger partial charge in [0.05, 0.1) is 23.7 Å². The van der Waals surface area contributed by atoms with Gasteiger partial charge in [-0.25, -0.2) is 18.7 Å². The van der Waals surface area contributed by atoms with E-state index in [2.05, 4.69) is 9.97 Å². The molecule has 0 atom stereocenters. The molecule has 30 heavy (non-hydrogen) atoms. The van der Waals surface area contributed by atoms with Crippen LogP contribution in [0.4, 0.5) is 8.78 Å². The van der Waals surface area contributed by atoms with Gasteiger partial charge in [0.15, 0.2) is 23.1 Å². The molecule has 8 heteroatoms. The van der Waals surface area contributed by atoms with Crippen LogP contribution in [0.15, 0.2) is 48.7 Å². The number of benzene rings is 2. The van der Waals surface area contributed by atoms with E-state index in [0.717, 1.165) is 12.1 Å². The number of nitrogens with zero attached hydrogens (tertiary/aromatic N) is 4. The van der Waals surface area contributed by atoms with Crippen molar-refractivity contribution in [1.29, 1.82) is 5.26 Å². The number of para-hydroxylation sites is 1. The molecule has 0 saturated heterocycles. The average Bonchev–Trinajstić information content (AvgIpc) is 3.10. The van der Waals surface area contributed by atoms with Crippen LogP contribution in [0.2, 0.25) is 0 Å². The molecular formula is C22H14F2N4O2. The lowest BCUT2D eigenvalue weighted by Gasteiger charge is -2.07. The van der Waals surface area contributed by atoms with Crippen molar-refractivity contribution in [3.8, 4) is 23.4 Å². The third-order valence-corrected chi connectivity index (χ3v) is 4.49. The van der Waals surface area contributed by atoms with E-state index >= 15 is 0 Å². The molecule has 2 aromatic carbocycles. The van der Waals surface area contributed by atoms with Crippen LogP contribution in [0.5, 0.6) is 11.5 Å². The van der Waals surface area contributed by atoms with E-state index in [4.69, 9.17) is 10.00 Å². The molecule has 6 nitrogen and oxygen atoms in total. The SMILES string of the molecule is COc1cccc(/C=C/c2nc3cc(F)c(F)cc3n2-c2ccc(C#N)cn2)c1O. The molecule has 148 valence electrons. The summed E-state index contributed by atoms with van der Waals surface area (Å²) < 4.78 is 34.3. The second kappa shape index (κ2) is 7.64. The van der Waals surface area contributed by atoms with Crippen LogP contribution in [-0.2, 0) is 0 Å². The molecule has 0 bridgehead atoms. The molecule has 0 amide bonds. The molecule has 1 N–H and O–H groups in total. The summed E-state index contributed by atoms with van der Waals surface area (Å²) in [7, 11) is 1.45. The Morgan fingerprint density at radius 2 is 1.93 bits per heavy atom. The monoisotopic (exact) mass is 404 g/mol. The van der Waals surface area contributed by atoms with Gasteiger partial charge in [0, 0.05) is 23.9 Å². The van der Waals surface area contributed by atoms with E-state index in [1.165, 1.54) is 17.9 Å². The zero-order chi connectivity index (χ0) is 21.3. The van der Waals surface area contributed by atoms with Crippen LogP contribution < -0.4 is 4.74 Å². The van der Waals surface area contributed by atoms with Gasteiger partial charge in [0.2, 0.25) is 0 Å². The first-order valence-corrected chi connectivity index (χ1v) is 8.80. The highest BCUT2D eigenvalue weighted by Gasteiger charge is 2.15. The van der Waals surface area contributed by atoms with E-state index in [1.54, 1.807) is 42.5 Å². The highest BCUT2D eigenvalue weighted by atomic mass is 19.2. The highest BCUT2D eigenvalue weighted by Crippen LogP contribution is 2.31. The van der Waals surface area contributed by atoms with Gasteiger partial charge in [-0.1, -0.05) is 12.1 Å². The quantitative estimate of drug-likeness (QED) is 0.543. The Balaban J connectivity index is 1.89. The number of hydrogen-bond donors (Lipinski definition) is 1. The standard InChI is InChI=1S/C22H14F2N4O2/c1-30-19-4-2-3-14(22(19)29)6-8-21-27-17-9-15(23)16(24)10-18(17)28(21)20-7-5-13(11-25)12-26-20/h2-10,12,29H,1H3/b8-6+. The summed E-state index contributed by atoms with van der Waals surface area (Å²) in [6.45, 7) is 0. The fraction of sp³-hybridized carbons (Fsp3) is 0.0455. The van der Waals surface area contributed by atoms with Crippen LogP contribution in [0.3, 0.4) is 0 Å². The number of imidazole rings is 1. The van der Waals surface area contributed by atoms with Crippen LogP contribution in [0, 0.1) is 23.0 Å². The molecule has 2 heterocycles. The molecule has 0 aliphatic carbocycles. The molecule has 0 aliphatic rings. The van der Waals surface area contributed by atoms with Crippen molar-refractivity contribution in [3.63, 3.8) is 0 Å². The van der Waals surface area contributed by atoms with Gasteiger partial charge in [-0.15, -0.1) is 0 Å². The lowest BCUT2D eigenvalue weighted by Crippen LogP contribution is -2.00. The smallest absolute Gasteiger partial charge is 0.165 e. The Bertz CT molecular complexity index is 1320. The van der Waals surface area contributed by atoms with E-state index in [-0.39, 0.29) is 11.3 Å². The van der Waals surface area contributed by atoms with Gasteiger partial charge in [-0.05, 0) is 30.4 Å². The first-order chi connectivity index (χ1) is 14.5. The summed E-state index contributed by atoms with van der Waals surface area (Å²) in [5.41, 5.74) is 1.37. The highest BCUT2D eigenvalue weighted by molar-refractivity contribution is 5.82. The molecule has 0 unspecified atom stereocenters. The molecule has 0 saturated carbocycles. The van der Waals surface area contributed by atoms with Crippen molar-refractivity contribution in [3.05, 3.63) is 77.2 Å². The van der Waals surface area contributed by atoms with E-state index in [1.807, 2.05) is 6.07 Å². The van der Waals surface area contributed by atoms with E-state index in [0.29, 0.717) is 34.0 Å². The maximum atomic E-state index is 13.9. The van der Waals surface area contributed by atoms with Crippen LogP contribution >= 0.6 is 0 Å². The Labute approximate surface area is 169 Å². The first-order valence-electron chi connectivity index (χ1n) is 8.80. The molecule has 0 aliphatic heterocycles. The Morgan fingerprint density at radius 1 is 1.13 bits per heavy atom. The summed E-state index contributed by atoms with van der Waals surface area (Å²) in [4.78, 5) is 8.61. The summed E-state index contributed by atoms with van der Waals surface area (Å²) in [6.07, 6.45) is 4.57. The number of methoxy groups -OCH3 is 1. The Morgan fingerprint density at radius 3 is 2.63 bits per heavy atom. The predicted octanol–water partition coefficient (Wildman–Crippen LogP) is 4.45. The maximum Gasteiger partial charge on any atom is 0.165 e. The molecule has 4 aromatic rings. The summed E-state index contributed by atoms with van der Waals surface area (Å²) in [6, 6.07) is 12.2. The van der Waals surface area contributed by atoms with Gasteiger partial charge in [-0.3, -0.25) is 4.57 Å². The number of nitriles is 1. The zero-order valence-electron chi connectivity index (χ0n) is 15.7. The fourth-order valence-corrected chi connectivity index (χ4v) is 3.03. The van der Waals surface area contributed by atoms with Gasteiger partial charge >= 0.3 is 0 Å². The number of aromatic nitrogens is 3. The number of phenolic OH excluding ortho intramolecular Hbond substituents is 1.